The number of amides is 1. The van der Waals surface area contributed by atoms with Gasteiger partial charge in [0.25, 0.3) is 5.91 Å². The van der Waals surface area contributed by atoms with E-state index in [9.17, 15) is 9.59 Å². The van der Waals surface area contributed by atoms with Gasteiger partial charge in [0.15, 0.2) is 5.76 Å². The molecule has 122 valence electrons. The van der Waals surface area contributed by atoms with Gasteiger partial charge in [0, 0.05) is 6.07 Å². The van der Waals surface area contributed by atoms with Crippen molar-refractivity contribution in [2.45, 2.75) is 12.6 Å². The van der Waals surface area contributed by atoms with E-state index in [2.05, 4.69) is 15.4 Å². The lowest BCUT2D eigenvalue weighted by molar-refractivity contribution is 0.0695. The number of benzene rings is 1. The highest BCUT2D eigenvalue weighted by molar-refractivity contribution is 5.95. The molecule has 24 heavy (non-hydrogen) atoms. The predicted octanol–water partition coefficient (Wildman–Crippen LogP) is 1.74. The second-order valence-electron chi connectivity index (χ2n) is 5.06. The van der Waals surface area contributed by atoms with Crippen molar-refractivity contribution in [1.29, 1.82) is 0 Å². The molecule has 3 rings (SSSR count). The van der Waals surface area contributed by atoms with E-state index < -0.39 is 11.9 Å². The molecule has 0 aliphatic carbocycles. The monoisotopic (exact) mass is 326 g/mol. The molecule has 8 heteroatoms. The minimum absolute atomic E-state index is 0.0630. The van der Waals surface area contributed by atoms with Gasteiger partial charge in [-0.05, 0) is 5.56 Å². The molecule has 8 nitrogen and oxygen atoms in total. The molecule has 1 amide bonds. The van der Waals surface area contributed by atoms with Gasteiger partial charge < -0.3 is 14.8 Å². The smallest absolute Gasteiger partial charge is 0.338 e. The fraction of sp³-hybridized carbons (Fsp3) is 0.125. The molecule has 0 aliphatic rings. The van der Waals surface area contributed by atoms with Crippen LogP contribution in [0.3, 0.4) is 0 Å². The number of furan rings is 1. The minimum Gasteiger partial charge on any atom is -0.478 e. The molecule has 0 saturated heterocycles. The Hall–Kier alpha value is -3.42. The van der Waals surface area contributed by atoms with Crippen molar-refractivity contribution in [2.75, 3.05) is 0 Å². The van der Waals surface area contributed by atoms with Crippen LogP contribution in [0.1, 0.15) is 32.5 Å². The van der Waals surface area contributed by atoms with Crippen LogP contribution in [-0.4, -0.2) is 31.7 Å². The van der Waals surface area contributed by atoms with E-state index in [1.54, 1.807) is 11.0 Å². The first kappa shape index (κ1) is 15.5. The molecule has 0 radical (unpaired) electrons. The zero-order valence-corrected chi connectivity index (χ0v) is 12.5. The fourth-order valence-corrected chi connectivity index (χ4v) is 2.23. The number of aromatic carboxylic acids is 1. The van der Waals surface area contributed by atoms with Crippen molar-refractivity contribution in [3.8, 4) is 0 Å². The van der Waals surface area contributed by atoms with Gasteiger partial charge in [0.05, 0.1) is 18.2 Å². The van der Waals surface area contributed by atoms with Gasteiger partial charge >= 0.3 is 5.97 Å². The summed E-state index contributed by atoms with van der Waals surface area (Å²) in [7, 11) is 0. The lowest BCUT2D eigenvalue weighted by Crippen LogP contribution is -2.31. The topological polar surface area (TPSA) is 110 Å². The molecular weight excluding hydrogens is 312 g/mol. The average Bonchev–Trinajstić information content (AvgIpc) is 3.26. The third-order valence-corrected chi connectivity index (χ3v) is 3.41. The van der Waals surface area contributed by atoms with Crippen molar-refractivity contribution in [3.05, 3.63) is 72.2 Å². The first-order chi connectivity index (χ1) is 11.6. The summed E-state index contributed by atoms with van der Waals surface area (Å²) >= 11 is 0. The zero-order chi connectivity index (χ0) is 16.9. The van der Waals surface area contributed by atoms with Crippen molar-refractivity contribution >= 4 is 11.9 Å². The summed E-state index contributed by atoms with van der Waals surface area (Å²) in [4.78, 5) is 27.1. The van der Waals surface area contributed by atoms with Crippen LogP contribution in [0.4, 0.5) is 0 Å². The highest BCUT2D eigenvalue weighted by Crippen LogP contribution is 2.16. The molecule has 3 aromatic rings. The van der Waals surface area contributed by atoms with Crippen LogP contribution in [0.15, 0.2) is 59.7 Å². The number of nitrogens with one attached hydrogen (secondary N) is 1. The zero-order valence-electron chi connectivity index (χ0n) is 12.5. The molecule has 0 bridgehead atoms. The Balaban J connectivity index is 1.80. The van der Waals surface area contributed by atoms with E-state index in [4.69, 9.17) is 9.52 Å². The van der Waals surface area contributed by atoms with Crippen LogP contribution < -0.4 is 5.32 Å². The molecule has 1 unspecified atom stereocenters. The van der Waals surface area contributed by atoms with Gasteiger partial charge in [0.2, 0.25) is 0 Å². The Morgan fingerprint density at radius 2 is 2.08 bits per heavy atom. The number of hydrogen-bond acceptors (Lipinski definition) is 5. The van der Waals surface area contributed by atoms with Crippen molar-refractivity contribution in [2.24, 2.45) is 0 Å². The Kier molecular flexibility index (Phi) is 4.37. The Morgan fingerprint density at radius 3 is 2.71 bits per heavy atom. The Labute approximate surface area is 136 Å². The molecular formula is C16H14N4O4. The summed E-state index contributed by atoms with van der Waals surface area (Å²) < 4.78 is 6.63. The first-order valence-electron chi connectivity index (χ1n) is 7.13. The van der Waals surface area contributed by atoms with Crippen molar-refractivity contribution in [3.63, 3.8) is 0 Å². The van der Waals surface area contributed by atoms with Crippen LogP contribution in [0.25, 0.3) is 0 Å². The van der Waals surface area contributed by atoms with E-state index >= 15 is 0 Å². The minimum atomic E-state index is -1.15. The number of rotatable bonds is 6. The molecule has 2 N–H and O–H groups in total. The summed E-state index contributed by atoms with van der Waals surface area (Å²) in [6.45, 7) is 0.377. The number of carboxylic acids is 1. The average molecular weight is 326 g/mol. The maximum absolute atomic E-state index is 12.3. The van der Waals surface area contributed by atoms with Crippen LogP contribution in [0.2, 0.25) is 0 Å². The van der Waals surface area contributed by atoms with Gasteiger partial charge in [-0.15, -0.1) is 0 Å². The van der Waals surface area contributed by atoms with E-state index in [1.807, 2.05) is 30.3 Å². The second-order valence-corrected chi connectivity index (χ2v) is 5.06. The van der Waals surface area contributed by atoms with E-state index in [1.165, 1.54) is 12.4 Å². The van der Waals surface area contributed by atoms with E-state index in [0.717, 1.165) is 11.8 Å². The van der Waals surface area contributed by atoms with Gasteiger partial charge in [-0.1, -0.05) is 30.3 Å². The summed E-state index contributed by atoms with van der Waals surface area (Å²) in [5.74, 6) is -1.72. The molecule has 0 fully saturated rings. The number of hydrogen-bond donors (Lipinski definition) is 2. The predicted molar refractivity (Wildman–Crippen MR) is 82.3 cm³/mol. The summed E-state index contributed by atoms with van der Waals surface area (Å²) in [6, 6.07) is 10.2. The highest BCUT2D eigenvalue weighted by Gasteiger charge is 2.20. The molecule has 1 atom stereocenters. The summed E-state index contributed by atoms with van der Waals surface area (Å²) in [6.07, 6.45) is 4.00. The standard InChI is InChI=1S/C16H14N4O4/c21-15(14-6-12(8-24-14)16(22)23)19-13(7-20-10-17-9-18-20)11-4-2-1-3-5-11/h1-6,8-10,13H,7H2,(H,19,21)(H,22,23). The number of aromatic nitrogens is 3. The Bertz CT molecular complexity index is 827. The van der Waals surface area contributed by atoms with Gasteiger partial charge in [-0.2, -0.15) is 5.10 Å². The van der Waals surface area contributed by atoms with Gasteiger partial charge in [-0.3, -0.25) is 9.48 Å². The lowest BCUT2D eigenvalue weighted by Gasteiger charge is -2.18. The lowest BCUT2D eigenvalue weighted by atomic mass is 10.1. The van der Waals surface area contributed by atoms with E-state index in [-0.39, 0.29) is 17.4 Å². The van der Waals surface area contributed by atoms with Crippen LogP contribution in [-0.2, 0) is 6.54 Å². The number of carbonyl (C=O) groups excluding carboxylic acids is 1. The maximum atomic E-state index is 12.3. The first-order valence-corrected chi connectivity index (χ1v) is 7.13. The highest BCUT2D eigenvalue weighted by atomic mass is 16.4. The number of nitrogens with zero attached hydrogens (tertiary/aromatic N) is 3. The van der Waals surface area contributed by atoms with Gasteiger partial charge in [-0.25, -0.2) is 9.78 Å². The van der Waals surface area contributed by atoms with Gasteiger partial charge in [0.1, 0.15) is 18.9 Å². The molecule has 0 spiro atoms. The van der Waals surface area contributed by atoms with Crippen LogP contribution in [0, 0.1) is 0 Å². The molecule has 0 aliphatic heterocycles. The normalized spacial score (nSPS) is 11.8. The third kappa shape index (κ3) is 3.49. The summed E-state index contributed by atoms with van der Waals surface area (Å²) in [5, 5.41) is 15.8. The molecule has 2 aromatic heterocycles. The largest absolute Gasteiger partial charge is 0.478 e. The SMILES string of the molecule is O=C(O)c1coc(C(=O)NC(Cn2cncn2)c2ccccc2)c1. The fourth-order valence-electron chi connectivity index (χ4n) is 2.23. The number of carboxylic acid groups (broad SMARTS) is 1. The second kappa shape index (κ2) is 6.78. The third-order valence-electron chi connectivity index (χ3n) is 3.41. The quantitative estimate of drug-likeness (QED) is 0.714. The Morgan fingerprint density at radius 1 is 1.29 bits per heavy atom. The van der Waals surface area contributed by atoms with E-state index in [0.29, 0.717) is 6.54 Å². The van der Waals surface area contributed by atoms with Crippen LogP contribution in [0.5, 0.6) is 0 Å². The van der Waals surface area contributed by atoms with Crippen molar-refractivity contribution in [1.82, 2.24) is 20.1 Å². The maximum Gasteiger partial charge on any atom is 0.338 e. The van der Waals surface area contributed by atoms with Crippen molar-refractivity contribution < 1.29 is 19.1 Å². The molecule has 2 heterocycles. The molecule has 1 aromatic carbocycles. The molecule has 0 saturated carbocycles. The van der Waals surface area contributed by atoms with Crippen LogP contribution >= 0.6 is 0 Å². The summed E-state index contributed by atoms with van der Waals surface area (Å²) in [5.41, 5.74) is 0.805. The number of carbonyl (C=O) groups is 2.